The van der Waals surface area contributed by atoms with Crippen molar-refractivity contribution in [3.63, 3.8) is 0 Å². The summed E-state index contributed by atoms with van der Waals surface area (Å²) >= 11 is 3.57. The predicted molar refractivity (Wildman–Crippen MR) is 86.5 cm³/mol. The first-order valence-electron chi connectivity index (χ1n) is 8.16. The fraction of sp³-hybridized carbons (Fsp3) is 0.667. The lowest BCUT2D eigenvalue weighted by atomic mass is 9.44. The van der Waals surface area contributed by atoms with E-state index in [1.807, 2.05) is 0 Å². The molecule has 2 unspecified atom stereocenters. The normalized spacial score (nSPS) is 42.1. The molecule has 0 aliphatic heterocycles. The average molecular weight is 334 g/mol. The molecule has 2 heteroatoms. The molecule has 0 aromatic heterocycles. The highest BCUT2D eigenvalue weighted by atomic mass is 79.9. The molecule has 0 amide bonds. The minimum absolute atomic E-state index is 0.502. The topological polar surface area (TPSA) is 26.0 Å². The number of nitrogens with two attached hydrogens (primary N) is 1. The molecule has 4 fully saturated rings. The van der Waals surface area contributed by atoms with Crippen LogP contribution in [-0.4, -0.2) is 6.54 Å². The fourth-order valence-electron chi connectivity index (χ4n) is 5.95. The van der Waals surface area contributed by atoms with Crippen LogP contribution in [-0.2, 0) is 5.41 Å². The van der Waals surface area contributed by atoms with Gasteiger partial charge in [0.25, 0.3) is 0 Å². The molecule has 0 radical (unpaired) electrons. The zero-order valence-corrected chi connectivity index (χ0v) is 13.6. The molecular formula is C18H24BrN. The van der Waals surface area contributed by atoms with Gasteiger partial charge in [0.2, 0.25) is 0 Å². The zero-order valence-electron chi connectivity index (χ0n) is 12.0. The smallest absolute Gasteiger partial charge is 0.0175 e. The minimum Gasteiger partial charge on any atom is -0.330 e. The maximum atomic E-state index is 5.86. The Morgan fingerprint density at radius 3 is 2.30 bits per heavy atom. The summed E-state index contributed by atoms with van der Waals surface area (Å²) in [7, 11) is 0. The molecule has 4 aliphatic carbocycles. The van der Waals surface area contributed by atoms with Gasteiger partial charge in [-0.3, -0.25) is 0 Å². The lowest BCUT2D eigenvalue weighted by Crippen LogP contribution is -2.53. The molecule has 4 bridgehead atoms. The summed E-state index contributed by atoms with van der Waals surface area (Å²) in [6.07, 6.45) is 8.52. The van der Waals surface area contributed by atoms with Crippen LogP contribution in [0.15, 0.2) is 28.7 Å². The van der Waals surface area contributed by atoms with Crippen molar-refractivity contribution in [2.24, 2.45) is 29.4 Å². The minimum atomic E-state index is 0.502. The van der Waals surface area contributed by atoms with Crippen LogP contribution in [0.1, 0.15) is 44.1 Å². The highest BCUT2D eigenvalue weighted by Crippen LogP contribution is 2.63. The van der Waals surface area contributed by atoms with E-state index in [0.29, 0.717) is 5.41 Å². The number of halogens is 1. The fourth-order valence-corrected chi connectivity index (χ4v) is 6.21. The lowest BCUT2D eigenvalue weighted by molar-refractivity contribution is -0.0581. The van der Waals surface area contributed by atoms with Crippen LogP contribution in [0.3, 0.4) is 0 Å². The molecule has 4 saturated carbocycles. The van der Waals surface area contributed by atoms with Gasteiger partial charge >= 0.3 is 0 Å². The van der Waals surface area contributed by atoms with E-state index in [9.17, 15) is 0 Å². The molecule has 20 heavy (non-hydrogen) atoms. The van der Waals surface area contributed by atoms with Crippen LogP contribution in [0.4, 0.5) is 0 Å². The quantitative estimate of drug-likeness (QED) is 0.866. The average Bonchev–Trinajstić information content (AvgIpc) is 2.43. The van der Waals surface area contributed by atoms with Crippen molar-refractivity contribution in [2.75, 3.05) is 6.54 Å². The van der Waals surface area contributed by atoms with E-state index < -0.39 is 0 Å². The van der Waals surface area contributed by atoms with Gasteiger partial charge in [-0.1, -0.05) is 28.1 Å². The molecule has 0 heterocycles. The van der Waals surface area contributed by atoms with Gasteiger partial charge in [-0.05, 0) is 91.9 Å². The van der Waals surface area contributed by atoms with E-state index in [1.54, 1.807) is 5.56 Å². The third-order valence-corrected chi connectivity index (χ3v) is 6.95. The lowest BCUT2D eigenvalue weighted by Gasteiger charge is -2.60. The monoisotopic (exact) mass is 333 g/mol. The van der Waals surface area contributed by atoms with Crippen LogP contribution < -0.4 is 5.73 Å². The number of hydrogen-bond donors (Lipinski definition) is 1. The first-order valence-corrected chi connectivity index (χ1v) is 8.95. The highest BCUT2D eigenvalue weighted by molar-refractivity contribution is 9.10. The first-order chi connectivity index (χ1) is 9.70. The Hall–Kier alpha value is -0.340. The second kappa shape index (κ2) is 4.84. The summed E-state index contributed by atoms with van der Waals surface area (Å²) in [6.45, 7) is 0.883. The van der Waals surface area contributed by atoms with Crippen molar-refractivity contribution in [1.29, 1.82) is 0 Å². The van der Waals surface area contributed by atoms with Crippen molar-refractivity contribution < 1.29 is 0 Å². The first kappa shape index (κ1) is 13.3. The third kappa shape index (κ3) is 1.99. The van der Waals surface area contributed by atoms with E-state index in [-0.39, 0.29) is 0 Å². The van der Waals surface area contributed by atoms with E-state index in [0.717, 1.165) is 30.2 Å². The summed E-state index contributed by atoms with van der Waals surface area (Å²) < 4.78 is 1.20. The van der Waals surface area contributed by atoms with E-state index in [4.69, 9.17) is 5.73 Å². The summed E-state index contributed by atoms with van der Waals surface area (Å²) in [4.78, 5) is 0. The highest BCUT2D eigenvalue weighted by Gasteiger charge is 2.55. The molecule has 1 nitrogen and oxygen atoms in total. The van der Waals surface area contributed by atoms with Crippen molar-refractivity contribution in [2.45, 2.75) is 43.9 Å². The van der Waals surface area contributed by atoms with Crippen LogP contribution in [0, 0.1) is 23.7 Å². The maximum Gasteiger partial charge on any atom is 0.0175 e. The molecule has 4 aliphatic rings. The SMILES string of the molecule is NCCC1C2CC3CC1CC(c1ccc(Br)cc1)(C3)C2. The van der Waals surface area contributed by atoms with Crippen molar-refractivity contribution >= 4 is 15.9 Å². The van der Waals surface area contributed by atoms with Crippen LogP contribution in [0.25, 0.3) is 0 Å². The maximum absolute atomic E-state index is 5.86. The second-order valence-electron chi connectivity index (χ2n) is 7.50. The summed E-state index contributed by atoms with van der Waals surface area (Å²) in [6, 6.07) is 9.20. The van der Waals surface area contributed by atoms with Crippen molar-refractivity contribution in [3.05, 3.63) is 34.3 Å². The van der Waals surface area contributed by atoms with Crippen molar-refractivity contribution in [3.8, 4) is 0 Å². The van der Waals surface area contributed by atoms with Gasteiger partial charge in [-0.25, -0.2) is 0 Å². The zero-order chi connectivity index (χ0) is 13.7. The number of rotatable bonds is 3. The van der Waals surface area contributed by atoms with Crippen molar-refractivity contribution in [1.82, 2.24) is 0 Å². The van der Waals surface area contributed by atoms with Gasteiger partial charge in [0.15, 0.2) is 0 Å². The molecule has 0 saturated heterocycles. The Balaban J connectivity index is 1.66. The molecule has 2 atom stereocenters. The van der Waals surface area contributed by atoms with Gasteiger partial charge in [-0.2, -0.15) is 0 Å². The summed E-state index contributed by atoms with van der Waals surface area (Å²) in [5, 5.41) is 0. The van der Waals surface area contributed by atoms with Gasteiger partial charge in [0.05, 0.1) is 0 Å². The number of benzene rings is 1. The van der Waals surface area contributed by atoms with Crippen LogP contribution in [0.2, 0.25) is 0 Å². The Kier molecular flexibility index (Phi) is 3.23. The number of hydrogen-bond acceptors (Lipinski definition) is 1. The molecule has 108 valence electrons. The largest absolute Gasteiger partial charge is 0.330 e. The predicted octanol–water partition coefficient (Wildman–Crippen LogP) is 4.49. The second-order valence-corrected chi connectivity index (χ2v) is 8.41. The van der Waals surface area contributed by atoms with Gasteiger partial charge in [0.1, 0.15) is 0 Å². The Morgan fingerprint density at radius 2 is 1.70 bits per heavy atom. The Morgan fingerprint density at radius 1 is 1.05 bits per heavy atom. The van der Waals surface area contributed by atoms with Crippen LogP contribution >= 0.6 is 15.9 Å². The Bertz CT molecular complexity index is 479. The summed E-state index contributed by atoms with van der Waals surface area (Å²) in [5.41, 5.74) is 7.97. The molecule has 1 aromatic rings. The molecule has 2 N–H and O–H groups in total. The van der Waals surface area contributed by atoms with Gasteiger partial charge < -0.3 is 5.73 Å². The third-order valence-electron chi connectivity index (χ3n) is 6.43. The summed E-state index contributed by atoms with van der Waals surface area (Å²) in [5.74, 6) is 3.83. The van der Waals surface area contributed by atoms with Gasteiger partial charge in [-0.15, -0.1) is 0 Å². The molecule has 1 aromatic carbocycles. The molecular weight excluding hydrogens is 310 g/mol. The molecule has 5 rings (SSSR count). The van der Waals surface area contributed by atoms with Crippen LogP contribution in [0.5, 0.6) is 0 Å². The Labute approximate surface area is 130 Å². The van der Waals surface area contributed by atoms with Gasteiger partial charge in [0, 0.05) is 4.47 Å². The van der Waals surface area contributed by atoms with E-state index in [2.05, 4.69) is 40.2 Å². The van der Waals surface area contributed by atoms with E-state index >= 15 is 0 Å². The van der Waals surface area contributed by atoms with E-state index in [1.165, 1.54) is 43.0 Å². The standard InChI is InChI=1S/C18H24BrN/c19-16-3-1-15(2-4-16)18-9-12-7-13(10-18)17(5-6-20)14(8-12)11-18/h1-4,12-14,17H,5-11,20H2. The molecule has 0 spiro atoms.